The SMILES string of the molecule is N/C(CCn1ccc2ccccc21)=N\O. The van der Waals surface area contributed by atoms with Gasteiger partial charge < -0.3 is 15.5 Å². The Morgan fingerprint density at radius 3 is 2.93 bits per heavy atom. The predicted molar refractivity (Wildman–Crippen MR) is 60.0 cm³/mol. The van der Waals surface area contributed by atoms with E-state index in [1.807, 2.05) is 18.3 Å². The summed E-state index contributed by atoms with van der Waals surface area (Å²) in [5.74, 6) is 0.257. The van der Waals surface area contributed by atoms with Gasteiger partial charge in [-0.25, -0.2) is 0 Å². The van der Waals surface area contributed by atoms with Crippen LogP contribution < -0.4 is 5.73 Å². The molecule has 0 aliphatic heterocycles. The first kappa shape index (κ1) is 9.58. The molecule has 0 saturated heterocycles. The molecular weight excluding hydrogens is 190 g/mol. The van der Waals surface area contributed by atoms with Crippen LogP contribution in [0.3, 0.4) is 0 Å². The van der Waals surface area contributed by atoms with E-state index in [0.29, 0.717) is 6.42 Å². The molecule has 2 rings (SSSR count). The maximum atomic E-state index is 8.43. The summed E-state index contributed by atoms with van der Waals surface area (Å²) in [7, 11) is 0. The Kier molecular flexibility index (Phi) is 2.58. The minimum absolute atomic E-state index is 0.257. The van der Waals surface area contributed by atoms with Crippen molar-refractivity contribution < 1.29 is 5.21 Å². The van der Waals surface area contributed by atoms with Crippen LogP contribution in [-0.4, -0.2) is 15.6 Å². The molecule has 0 amide bonds. The molecule has 0 bridgehead atoms. The zero-order chi connectivity index (χ0) is 10.7. The van der Waals surface area contributed by atoms with Gasteiger partial charge in [-0.3, -0.25) is 0 Å². The van der Waals surface area contributed by atoms with E-state index >= 15 is 0 Å². The first-order chi connectivity index (χ1) is 7.31. The molecule has 3 N–H and O–H groups in total. The van der Waals surface area contributed by atoms with E-state index in [9.17, 15) is 0 Å². The van der Waals surface area contributed by atoms with Gasteiger partial charge in [0.05, 0.1) is 0 Å². The smallest absolute Gasteiger partial charge is 0.140 e. The van der Waals surface area contributed by atoms with Crippen molar-refractivity contribution in [2.45, 2.75) is 13.0 Å². The summed E-state index contributed by atoms with van der Waals surface area (Å²) in [6, 6.07) is 10.2. The number of aryl methyl sites for hydroxylation is 1. The van der Waals surface area contributed by atoms with Gasteiger partial charge in [-0.1, -0.05) is 23.4 Å². The highest BCUT2D eigenvalue weighted by atomic mass is 16.4. The first-order valence-electron chi connectivity index (χ1n) is 4.81. The van der Waals surface area contributed by atoms with Crippen LogP contribution in [0.25, 0.3) is 10.9 Å². The summed E-state index contributed by atoms with van der Waals surface area (Å²) in [5, 5.41) is 12.6. The minimum Gasteiger partial charge on any atom is -0.409 e. The molecule has 2 aromatic rings. The summed E-state index contributed by atoms with van der Waals surface area (Å²) in [5.41, 5.74) is 6.59. The lowest BCUT2D eigenvalue weighted by atomic mass is 10.2. The second-order valence-corrected chi connectivity index (χ2v) is 3.41. The summed E-state index contributed by atoms with van der Waals surface area (Å²) < 4.78 is 2.09. The van der Waals surface area contributed by atoms with Crippen LogP contribution >= 0.6 is 0 Å². The van der Waals surface area contributed by atoms with Crippen LogP contribution in [0.1, 0.15) is 6.42 Å². The number of para-hydroxylation sites is 1. The zero-order valence-corrected chi connectivity index (χ0v) is 8.30. The second-order valence-electron chi connectivity index (χ2n) is 3.41. The Hall–Kier alpha value is -1.97. The lowest BCUT2D eigenvalue weighted by Gasteiger charge is -2.03. The molecule has 78 valence electrons. The van der Waals surface area contributed by atoms with Gasteiger partial charge >= 0.3 is 0 Å². The normalized spacial score (nSPS) is 12.1. The Bertz CT molecular complexity index is 487. The van der Waals surface area contributed by atoms with E-state index in [2.05, 4.69) is 27.9 Å². The summed E-state index contributed by atoms with van der Waals surface area (Å²) in [6.45, 7) is 0.726. The molecule has 4 heteroatoms. The first-order valence-corrected chi connectivity index (χ1v) is 4.81. The van der Waals surface area contributed by atoms with E-state index in [-0.39, 0.29) is 5.84 Å². The summed E-state index contributed by atoms with van der Waals surface area (Å²) in [4.78, 5) is 0. The number of hydrogen-bond acceptors (Lipinski definition) is 2. The fourth-order valence-corrected chi connectivity index (χ4v) is 1.62. The molecule has 0 radical (unpaired) electrons. The van der Waals surface area contributed by atoms with Crippen LogP contribution in [0.15, 0.2) is 41.7 Å². The molecule has 15 heavy (non-hydrogen) atoms. The van der Waals surface area contributed by atoms with Crippen molar-refractivity contribution in [3.05, 3.63) is 36.5 Å². The molecule has 0 fully saturated rings. The lowest BCUT2D eigenvalue weighted by Crippen LogP contribution is -2.14. The number of aromatic nitrogens is 1. The van der Waals surface area contributed by atoms with Crippen LogP contribution in [-0.2, 0) is 6.54 Å². The average molecular weight is 203 g/mol. The van der Waals surface area contributed by atoms with Crippen molar-refractivity contribution in [2.75, 3.05) is 0 Å². The maximum absolute atomic E-state index is 8.43. The molecule has 0 saturated carbocycles. The molecule has 1 heterocycles. The Morgan fingerprint density at radius 1 is 1.33 bits per heavy atom. The van der Waals surface area contributed by atoms with Gasteiger partial charge in [0, 0.05) is 24.7 Å². The highest BCUT2D eigenvalue weighted by molar-refractivity contribution is 5.81. The molecule has 1 aromatic carbocycles. The Morgan fingerprint density at radius 2 is 2.13 bits per heavy atom. The molecule has 0 atom stereocenters. The molecule has 0 aliphatic rings. The largest absolute Gasteiger partial charge is 0.409 e. The van der Waals surface area contributed by atoms with E-state index in [0.717, 1.165) is 6.54 Å². The third kappa shape index (κ3) is 1.93. The van der Waals surface area contributed by atoms with Gasteiger partial charge in [-0.2, -0.15) is 0 Å². The quantitative estimate of drug-likeness (QED) is 0.345. The molecular formula is C11H13N3O. The second kappa shape index (κ2) is 4.04. The van der Waals surface area contributed by atoms with E-state index in [4.69, 9.17) is 10.9 Å². The minimum atomic E-state index is 0.257. The standard InChI is InChI=1S/C11H13N3O/c12-11(13-15)6-8-14-7-5-9-3-1-2-4-10(9)14/h1-5,7,15H,6,8H2,(H2,12,13). The fraction of sp³-hybridized carbons (Fsp3) is 0.182. The van der Waals surface area contributed by atoms with Gasteiger partial charge in [-0.05, 0) is 17.5 Å². The van der Waals surface area contributed by atoms with Crippen molar-refractivity contribution in [1.29, 1.82) is 0 Å². The van der Waals surface area contributed by atoms with E-state index in [1.54, 1.807) is 0 Å². The van der Waals surface area contributed by atoms with Gasteiger partial charge in [0.25, 0.3) is 0 Å². The number of nitrogens with two attached hydrogens (primary N) is 1. The van der Waals surface area contributed by atoms with Crippen LogP contribution in [0.4, 0.5) is 0 Å². The fourth-order valence-electron chi connectivity index (χ4n) is 1.62. The van der Waals surface area contributed by atoms with Gasteiger partial charge in [-0.15, -0.1) is 0 Å². The molecule has 4 nitrogen and oxygen atoms in total. The number of hydrogen-bond donors (Lipinski definition) is 2. The topological polar surface area (TPSA) is 63.5 Å². The number of nitrogens with zero attached hydrogens (tertiary/aromatic N) is 2. The molecule has 1 aromatic heterocycles. The predicted octanol–water partition coefficient (Wildman–Crippen LogP) is 1.78. The molecule has 0 spiro atoms. The zero-order valence-electron chi connectivity index (χ0n) is 8.30. The summed E-state index contributed by atoms with van der Waals surface area (Å²) >= 11 is 0. The molecule has 0 unspecified atom stereocenters. The van der Waals surface area contributed by atoms with Crippen LogP contribution in [0, 0.1) is 0 Å². The number of fused-ring (bicyclic) bond motifs is 1. The number of benzene rings is 1. The van der Waals surface area contributed by atoms with Crippen LogP contribution in [0.5, 0.6) is 0 Å². The van der Waals surface area contributed by atoms with Crippen LogP contribution in [0.2, 0.25) is 0 Å². The van der Waals surface area contributed by atoms with Crippen molar-refractivity contribution in [3.8, 4) is 0 Å². The monoisotopic (exact) mass is 203 g/mol. The van der Waals surface area contributed by atoms with Crippen molar-refractivity contribution in [3.63, 3.8) is 0 Å². The third-order valence-corrected chi connectivity index (χ3v) is 2.42. The van der Waals surface area contributed by atoms with Gasteiger partial charge in [0.2, 0.25) is 0 Å². The average Bonchev–Trinajstić information content (AvgIpc) is 2.69. The van der Waals surface area contributed by atoms with Gasteiger partial charge in [0.1, 0.15) is 5.84 Å². The number of oxime groups is 1. The van der Waals surface area contributed by atoms with E-state index < -0.39 is 0 Å². The van der Waals surface area contributed by atoms with Gasteiger partial charge in [0.15, 0.2) is 0 Å². The van der Waals surface area contributed by atoms with Crippen molar-refractivity contribution in [2.24, 2.45) is 10.9 Å². The Labute approximate surface area is 87.6 Å². The summed E-state index contributed by atoms with van der Waals surface area (Å²) in [6.07, 6.45) is 2.56. The van der Waals surface area contributed by atoms with Crippen molar-refractivity contribution >= 4 is 16.7 Å². The van der Waals surface area contributed by atoms with E-state index in [1.165, 1.54) is 10.9 Å². The number of amidine groups is 1. The highest BCUT2D eigenvalue weighted by Crippen LogP contribution is 2.15. The lowest BCUT2D eigenvalue weighted by molar-refractivity contribution is 0.316. The Balaban J connectivity index is 2.22. The molecule has 0 aliphatic carbocycles. The highest BCUT2D eigenvalue weighted by Gasteiger charge is 2.00. The maximum Gasteiger partial charge on any atom is 0.140 e. The number of rotatable bonds is 3. The third-order valence-electron chi connectivity index (χ3n) is 2.42. The van der Waals surface area contributed by atoms with Crippen molar-refractivity contribution in [1.82, 2.24) is 4.57 Å².